The molecule has 0 unspecified atom stereocenters. The van der Waals surface area contributed by atoms with Crippen molar-refractivity contribution < 1.29 is 19.1 Å². The molecule has 2 aromatic heterocycles. The molecule has 0 aliphatic rings. The van der Waals surface area contributed by atoms with Gasteiger partial charge in [0.15, 0.2) is 5.82 Å². The van der Waals surface area contributed by atoms with Gasteiger partial charge >= 0.3 is 12.2 Å². The molecular weight excluding hydrogens is 420 g/mol. The van der Waals surface area contributed by atoms with Crippen molar-refractivity contribution >= 4 is 23.7 Å². The molecule has 8 heteroatoms. The summed E-state index contributed by atoms with van der Waals surface area (Å²) in [7, 11) is 0. The molecule has 0 radical (unpaired) electrons. The third kappa shape index (κ3) is 4.64. The van der Waals surface area contributed by atoms with Gasteiger partial charge in [-0.15, -0.1) is 0 Å². The van der Waals surface area contributed by atoms with Gasteiger partial charge in [-0.2, -0.15) is 5.01 Å². The molecule has 4 aromatic rings. The van der Waals surface area contributed by atoms with Crippen LogP contribution in [0.1, 0.15) is 13.8 Å². The smallest absolute Gasteiger partial charge is 0.435 e. The number of hydrogen-bond acceptors (Lipinski definition) is 5. The largest absolute Gasteiger partial charge is 0.449 e. The summed E-state index contributed by atoms with van der Waals surface area (Å²) in [4.78, 5) is 29.8. The topological polar surface area (TPSA) is 85.2 Å². The molecule has 8 nitrogen and oxygen atoms in total. The number of hydrazine groups is 1. The van der Waals surface area contributed by atoms with E-state index in [9.17, 15) is 9.59 Å². The number of carbonyl (C=O) groups excluding carboxylic acids is 2. The van der Waals surface area contributed by atoms with Crippen LogP contribution < -0.4 is 10.4 Å². The maximum Gasteiger partial charge on any atom is 0.435 e. The Balaban J connectivity index is 1.82. The molecule has 0 aliphatic carbocycles. The van der Waals surface area contributed by atoms with Crippen molar-refractivity contribution in [1.82, 2.24) is 14.8 Å². The molecule has 1 N–H and O–H groups in total. The van der Waals surface area contributed by atoms with Crippen molar-refractivity contribution in [1.29, 1.82) is 0 Å². The number of ether oxygens (including phenoxy) is 2. The lowest BCUT2D eigenvalue weighted by Crippen LogP contribution is -2.47. The van der Waals surface area contributed by atoms with Crippen molar-refractivity contribution in [3.8, 4) is 22.4 Å². The summed E-state index contributed by atoms with van der Waals surface area (Å²) >= 11 is 0. The average Bonchev–Trinajstić information content (AvgIpc) is 3.23. The lowest BCUT2D eigenvalue weighted by atomic mass is 10.0. The van der Waals surface area contributed by atoms with Gasteiger partial charge in [-0.3, -0.25) is 4.40 Å². The second kappa shape index (κ2) is 9.86. The van der Waals surface area contributed by atoms with Gasteiger partial charge in [-0.25, -0.2) is 20.0 Å². The Morgan fingerprint density at radius 2 is 1.48 bits per heavy atom. The van der Waals surface area contributed by atoms with Crippen LogP contribution in [0.25, 0.3) is 28.0 Å². The minimum absolute atomic E-state index is 0.137. The predicted octanol–water partition coefficient (Wildman–Crippen LogP) is 5.29. The standard InChI is InChI=1S/C25H24N4O4/c1-3-32-24(30)27-29(25(31)33-4-2)23-22(26-21-12-8-9-17-28(21)23)20-15-13-19(14-16-20)18-10-6-5-7-11-18/h5-17H,3-4H2,1-2H3,(H,27,30). The highest BCUT2D eigenvalue weighted by Crippen LogP contribution is 2.33. The molecular formula is C25H24N4O4. The average molecular weight is 444 g/mol. The summed E-state index contributed by atoms with van der Waals surface area (Å²) in [5, 5.41) is 1.03. The van der Waals surface area contributed by atoms with E-state index < -0.39 is 12.2 Å². The summed E-state index contributed by atoms with van der Waals surface area (Å²) in [6.45, 7) is 3.67. The Bertz CT molecular complexity index is 1250. The van der Waals surface area contributed by atoms with Gasteiger partial charge in [0.25, 0.3) is 0 Å². The monoisotopic (exact) mass is 444 g/mol. The van der Waals surface area contributed by atoms with Crippen LogP contribution in [0.3, 0.4) is 0 Å². The molecule has 2 heterocycles. The molecule has 168 valence electrons. The van der Waals surface area contributed by atoms with E-state index in [0.717, 1.165) is 21.7 Å². The number of pyridine rings is 1. The quantitative estimate of drug-likeness (QED) is 0.423. The van der Waals surface area contributed by atoms with Crippen LogP contribution in [-0.4, -0.2) is 34.8 Å². The summed E-state index contributed by atoms with van der Waals surface area (Å²) in [6.07, 6.45) is 0.235. The first-order valence-electron chi connectivity index (χ1n) is 10.7. The number of amides is 2. The number of carbonyl (C=O) groups is 2. The number of nitrogens with zero attached hydrogens (tertiary/aromatic N) is 3. The Labute approximate surface area is 191 Å². The molecule has 0 fully saturated rings. The maximum atomic E-state index is 12.8. The first kappa shape index (κ1) is 21.9. The van der Waals surface area contributed by atoms with Crippen molar-refractivity contribution in [2.75, 3.05) is 18.2 Å². The highest BCUT2D eigenvalue weighted by molar-refractivity contribution is 5.95. The Kier molecular flexibility index (Phi) is 6.54. The SMILES string of the molecule is CCOC(=O)NN(C(=O)OCC)c1c(-c2ccc(-c3ccccc3)cc2)nc2ccccn12. The van der Waals surface area contributed by atoms with Crippen LogP contribution in [0, 0.1) is 0 Å². The van der Waals surface area contributed by atoms with Crippen molar-refractivity contribution in [2.45, 2.75) is 13.8 Å². The molecule has 0 spiro atoms. The molecule has 0 atom stereocenters. The van der Waals surface area contributed by atoms with Gasteiger partial charge in [-0.05, 0) is 37.1 Å². The zero-order valence-corrected chi connectivity index (χ0v) is 18.4. The minimum atomic E-state index is -0.776. The van der Waals surface area contributed by atoms with Crippen molar-refractivity contribution in [2.24, 2.45) is 0 Å². The predicted molar refractivity (Wildman–Crippen MR) is 126 cm³/mol. The van der Waals surface area contributed by atoms with Gasteiger partial charge in [0.2, 0.25) is 0 Å². The second-order valence-electron chi connectivity index (χ2n) is 7.02. The fraction of sp³-hybridized carbons (Fsp3) is 0.160. The highest BCUT2D eigenvalue weighted by Gasteiger charge is 2.28. The lowest BCUT2D eigenvalue weighted by Gasteiger charge is -2.22. The van der Waals surface area contributed by atoms with Crippen LogP contribution in [0.15, 0.2) is 79.0 Å². The van der Waals surface area contributed by atoms with Gasteiger partial charge in [0.05, 0.1) is 13.2 Å². The summed E-state index contributed by atoms with van der Waals surface area (Å²) < 4.78 is 11.9. The van der Waals surface area contributed by atoms with Crippen molar-refractivity contribution in [3.63, 3.8) is 0 Å². The third-order valence-corrected chi connectivity index (χ3v) is 4.91. The zero-order valence-electron chi connectivity index (χ0n) is 18.4. The van der Waals surface area contributed by atoms with E-state index in [1.165, 1.54) is 0 Å². The minimum Gasteiger partial charge on any atom is -0.449 e. The Hall–Kier alpha value is -4.33. The number of benzene rings is 2. The molecule has 0 bridgehead atoms. The number of hydrogen-bond donors (Lipinski definition) is 1. The molecule has 0 saturated carbocycles. The number of anilines is 1. The fourth-order valence-corrected chi connectivity index (χ4v) is 3.47. The van der Waals surface area contributed by atoms with Crippen molar-refractivity contribution in [3.05, 3.63) is 79.0 Å². The van der Waals surface area contributed by atoms with Crippen LogP contribution in [0.5, 0.6) is 0 Å². The maximum absolute atomic E-state index is 12.8. The fourth-order valence-electron chi connectivity index (χ4n) is 3.47. The van der Waals surface area contributed by atoms with E-state index in [-0.39, 0.29) is 13.2 Å². The Morgan fingerprint density at radius 3 is 2.18 bits per heavy atom. The highest BCUT2D eigenvalue weighted by atomic mass is 16.6. The molecule has 2 aromatic carbocycles. The number of imidazole rings is 1. The molecule has 33 heavy (non-hydrogen) atoms. The lowest BCUT2D eigenvalue weighted by molar-refractivity contribution is 0.138. The number of aromatic nitrogens is 2. The van der Waals surface area contributed by atoms with E-state index in [0.29, 0.717) is 17.2 Å². The molecule has 0 aliphatic heterocycles. The zero-order chi connectivity index (χ0) is 23.2. The first-order valence-corrected chi connectivity index (χ1v) is 10.7. The van der Waals surface area contributed by atoms with Gasteiger partial charge in [0, 0.05) is 11.8 Å². The Morgan fingerprint density at radius 1 is 0.848 bits per heavy atom. The summed E-state index contributed by atoms with van der Waals surface area (Å²) in [6, 6.07) is 23.4. The first-order chi connectivity index (χ1) is 16.1. The second-order valence-corrected chi connectivity index (χ2v) is 7.02. The molecule has 0 saturated heterocycles. The van der Waals surface area contributed by atoms with Crippen LogP contribution >= 0.6 is 0 Å². The normalized spacial score (nSPS) is 10.6. The van der Waals surface area contributed by atoms with Crippen LogP contribution in [0.2, 0.25) is 0 Å². The molecule has 2 amide bonds. The number of rotatable bonds is 5. The number of fused-ring (bicyclic) bond motifs is 1. The van der Waals surface area contributed by atoms with Crippen LogP contribution in [-0.2, 0) is 9.47 Å². The van der Waals surface area contributed by atoms with E-state index in [1.54, 1.807) is 24.4 Å². The van der Waals surface area contributed by atoms with E-state index in [4.69, 9.17) is 14.5 Å². The molecule has 4 rings (SSSR count). The third-order valence-electron chi connectivity index (χ3n) is 4.91. The van der Waals surface area contributed by atoms with E-state index in [2.05, 4.69) is 5.43 Å². The summed E-state index contributed by atoms with van der Waals surface area (Å²) in [5.41, 5.74) is 6.51. The van der Waals surface area contributed by atoms with E-state index >= 15 is 0 Å². The number of nitrogens with one attached hydrogen (secondary N) is 1. The van der Waals surface area contributed by atoms with Gasteiger partial charge in [0.1, 0.15) is 11.3 Å². The van der Waals surface area contributed by atoms with Gasteiger partial charge in [-0.1, -0.05) is 60.7 Å². The van der Waals surface area contributed by atoms with Crippen LogP contribution in [0.4, 0.5) is 15.4 Å². The summed E-state index contributed by atoms with van der Waals surface area (Å²) in [5.74, 6) is 0.338. The van der Waals surface area contributed by atoms with E-state index in [1.807, 2.05) is 72.8 Å². The van der Waals surface area contributed by atoms with Gasteiger partial charge < -0.3 is 9.47 Å².